The van der Waals surface area contributed by atoms with Crippen LogP contribution in [-0.2, 0) is 26.2 Å². The van der Waals surface area contributed by atoms with E-state index in [9.17, 15) is 18.0 Å². The van der Waals surface area contributed by atoms with Gasteiger partial charge in [-0.3, -0.25) is 13.9 Å². The number of anilines is 1. The third kappa shape index (κ3) is 7.83. The van der Waals surface area contributed by atoms with Gasteiger partial charge in [0.25, 0.3) is 10.0 Å². The molecule has 0 aliphatic carbocycles. The van der Waals surface area contributed by atoms with E-state index in [1.54, 1.807) is 42.5 Å². The average Bonchev–Trinajstić information content (AvgIpc) is 2.93. The molecule has 3 rings (SSSR count). The zero-order valence-corrected chi connectivity index (χ0v) is 24.4. The van der Waals surface area contributed by atoms with Crippen LogP contribution in [0.5, 0.6) is 0 Å². The first-order valence-electron chi connectivity index (χ1n) is 13.1. The monoisotopic (exact) mass is 569 g/mol. The number of nitrogens with one attached hydrogen (secondary N) is 1. The van der Waals surface area contributed by atoms with Gasteiger partial charge in [0.2, 0.25) is 11.8 Å². The van der Waals surface area contributed by atoms with Gasteiger partial charge in [-0.2, -0.15) is 0 Å². The molecule has 3 aromatic carbocycles. The number of amides is 2. The predicted molar refractivity (Wildman–Crippen MR) is 156 cm³/mol. The molecule has 0 spiro atoms. The summed E-state index contributed by atoms with van der Waals surface area (Å²) in [6.07, 6.45) is 1.11. The van der Waals surface area contributed by atoms with Gasteiger partial charge in [0.05, 0.1) is 10.6 Å². The van der Waals surface area contributed by atoms with Crippen LogP contribution >= 0.6 is 11.6 Å². The summed E-state index contributed by atoms with van der Waals surface area (Å²) in [6, 6.07) is 21.1. The maximum atomic E-state index is 14.0. The zero-order valence-electron chi connectivity index (χ0n) is 22.8. The van der Waals surface area contributed by atoms with E-state index in [0.717, 1.165) is 21.9 Å². The minimum Gasteiger partial charge on any atom is -0.352 e. The molecule has 208 valence electrons. The summed E-state index contributed by atoms with van der Waals surface area (Å²) in [5, 5.41) is 3.42. The van der Waals surface area contributed by atoms with Crippen LogP contribution in [0.4, 0.5) is 5.69 Å². The Bertz CT molecular complexity index is 1350. The summed E-state index contributed by atoms with van der Waals surface area (Å²) in [7, 11) is -4.11. The van der Waals surface area contributed by atoms with Crippen LogP contribution in [-0.4, -0.2) is 43.8 Å². The Morgan fingerprint density at radius 2 is 1.51 bits per heavy atom. The lowest BCUT2D eigenvalue weighted by Crippen LogP contribution is -2.53. The minimum absolute atomic E-state index is 0.0550. The van der Waals surface area contributed by atoms with E-state index in [2.05, 4.69) is 5.32 Å². The number of rotatable bonds is 12. The second-order valence-electron chi connectivity index (χ2n) is 9.55. The van der Waals surface area contributed by atoms with Crippen LogP contribution in [0, 0.1) is 6.92 Å². The number of nitrogens with zero attached hydrogens (tertiary/aromatic N) is 2. The van der Waals surface area contributed by atoms with Crippen molar-refractivity contribution in [1.29, 1.82) is 0 Å². The van der Waals surface area contributed by atoms with E-state index in [-0.39, 0.29) is 23.4 Å². The van der Waals surface area contributed by atoms with Crippen molar-refractivity contribution >= 4 is 39.1 Å². The first-order valence-corrected chi connectivity index (χ1v) is 14.9. The van der Waals surface area contributed by atoms with Crippen LogP contribution in [0.15, 0.2) is 83.8 Å². The highest BCUT2D eigenvalue weighted by Gasteiger charge is 2.33. The summed E-state index contributed by atoms with van der Waals surface area (Å²) < 4.78 is 28.6. The third-order valence-corrected chi connectivity index (χ3v) is 8.63. The highest BCUT2D eigenvalue weighted by atomic mass is 35.5. The SMILES string of the molecule is CC[C@@H](C)NC(=O)[C@@H](CC)N(Cc1ccc(C)cc1)C(=O)CN(c1ccc(Cl)cc1)S(=O)(=O)c1ccccc1. The summed E-state index contributed by atoms with van der Waals surface area (Å²) in [5.41, 5.74) is 2.21. The minimum atomic E-state index is -4.11. The highest BCUT2D eigenvalue weighted by molar-refractivity contribution is 7.92. The second kappa shape index (κ2) is 13.6. The Labute approximate surface area is 236 Å². The van der Waals surface area contributed by atoms with Gasteiger partial charge in [0.15, 0.2) is 0 Å². The molecular weight excluding hydrogens is 534 g/mol. The molecule has 9 heteroatoms. The highest BCUT2D eigenvalue weighted by Crippen LogP contribution is 2.26. The van der Waals surface area contributed by atoms with Crippen molar-refractivity contribution in [1.82, 2.24) is 10.2 Å². The smallest absolute Gasteiger partial charge is 0.264 e. The lowest BCUT2D eigenvalue weighted by molar-refractivity contribution is -0.140. The van der Waals surface area contributed by atoms with Gasteiger partial charge in [-0.15, -0.1) is 0 Å². The quantitative estimate of drug-likeness (QED) is 0.309. The first-order chi connectivity index (χ1) is 18.6. The Morgan fingerprint density at radius 3 is 2.08 bits per heavy atom. The maximum absolute atomic E-state index is 14.0. The number of sulfonamides is 1. The molecule has 0 aromatic heterocycles. The molecule has 0 aliphatic heterocycles. The molecule has 0 unspecified atom stereocenters. The van der Waals surface area contributed by atoms with Gasteiger partial charge < -0.3 is 10.2 Å². The average molecular weight is 570 g/mol. The number of hydrogen-bond acceptors (Lipinski definition) is 4. The number of hydrogen-bond donors (Lipinski definition) is 1. The largest absolute Gasteiger partial charge is 0.352 e. The van der Waals surface area contributed by atoms with E-state index in [0.29, 0.717) is 17.1 Å². The van der Waals surface area contributed by atoms with Gasteiger partial charge >= 0.3 is 0 Å². The summed E-state index contributed by atoms with van der Waals surface area (Å²) in [5.74, 6) is -0.757. The van der Waals surface area contributed by atoms with E-state index in [4.69, 9.17) is 11.6 Å². The van der Waals surface area contributed by atoms with Crippen molar-refractivity contribution in [3.8, 4) is 0 Å². The summed E-state index contributed by atoms with van der Waals surface area (Å²) in [4.78, 5) is 28.8. The van der Waals surface area contributed by atoms with Crippen molar-refractivity contribution in [3.05, 3.63) is 95.0 Å². The van der Waals surface area contributed by atoms with Crippen molar-refractivity contribution in [2.24, 2.45) is 0 Å². The van der Waals surface area contributed by atoms with Crippen LogP contribution in [0.1, 0.15) is 44.7 Å². The molecule has 3 aromatic rings. The molecule has 0 aliphatic rings. The Morgan fingerprint density at radius 1 is 0.897 bits per heavy atom. The fourth-order valence-corrected chi connectivity index (χ4v) is 5.67. The number of carbonyl (C=O) groups excluding carboxylic acids is 2. The number of carbonyl (C=O) groups is 2. The van der Waals surface area contributed by atoms with Gasteiger partial charge in [0, 0.05) is 17.6 Å². The maximum Gasteiger partial charge on any atom is 0.264 e. The van der Waals surface area contributed by atoms with Gasteiger partial charge in [-0.05, 0) is 68.7 Å². The topological polar surface area (TPSA) is 86.8 Å². The fourth-order valence-electron chi connectivity index (χ4n) is 4.11. The van der Waals surface area contributed by atoms with Crippen molar-refractivity contribution in [3.63, 3.8) is 0 Å². The first kappa shape index (κ1) is 30.2. The Kier molecular flexibility index (Phi) is 10.5. The summed E-state index contributed by atoms with van der Waals surface area (Å²) >= 11 is 6.07. The van der Waals surface area contributed by atoms with Crippen LogP contribution in [0.25, 0.3) is 0 Å². The van der Waals surface area contributed by atoms with E-state index >= 15 is 0 Å². The van der Waals surface area contributed by atoms with E-state index in [1.165, 1.54) is 17.0 Å². The van der Waals surface area contributed by atoms with Gasteiger partial charge in [0.1, 0.15) is 12.6 Å². The van der Waals surface area contributed by atoms with Crippen molar-refractivity contribution in [2.45, 2.75) is 64.1 Å². The number of aryl methyl sites for hydroxylation is 1. The summed E-state index contributed by atoms with van der Waals surface area (Å²) in [6.45, 7) is 7.36. The fraction of sp³-hybridized carbons (Fsp3) is 0.333. The van der Waals surface area contributed by atoms with Crippen LogP contribution in [0.2, 0.25) is 5.02 Å². The van der Waals surface area contributed by atoms with Crippen molar-refractivity contribution in [2.75, 3.05) is 10.8 Å². The number of benzene rings is 3. The zero-order chi connectivity index (χ0) is 28.6. The normalized spacial score (nSPS) is 12.8. The molecule has 0 saturated heterocycles. The molecule has 2 atom stereocenters. The molecule has 2 amide bonds. The molecule has 39 heavy (non-hydrogen) atoms. The van der Waals surface area contributed by atoms with Gasteiger partial charge in [-0.1, -0.05) is 73.5 Å². The molecule has 1 N–H and O–H groups in total. The van der Waals surface area contributed by atoms with Crippen LogP contribution in [0.3, 0.4) is 0 Å². The molecule has 0 fully saturated rings. The van der Waals surface area contributed by atoms with E-state index < -0.39 is 28.5 Å². The lowest BCUT2D eigenvalue weighted by Gasteiger charge is -2.33. The standard InChI is InChI=1S/C30H36ClN3O4S/c1-5-23(4)32-30(36)28(6-2)33(20-24-14-12-22(3)13-15-24)29(35)21-34(26-18-16-25(31)17-19-26)39(37,38)27-10-8-7-9-11-27/h7-19,23,28H,5-6,20-21H2,1-4H3,(H,32,36)/t23-,28-/m1/s1. The van der Waals surface area contributed by atoms with Gasteiger partial charge in [-0.25, -0.2) is 8.42 Å². The predicted octanol–water partition coefficient (Wildman–Crippen LogP) is 5.57. The molecule has 0 radical (unpaired) electrons. The second-order valence-corrected chi connectivity index (χ2v) is 11.8. The van der Waals surface area contributed by atoms with E-state index in [1.807, 2.05) is 52.0 Å². The van der Waals surface area contributed by atoms with Crippen molar-refractivity contribution < 1.29 is 18.0 Å². The Balaban J connectivity index is 2.03. The molecule has 0 heterocycles. The molecule has 0 bridgehead atoms. The Hall–Kier alpha value is -3.36. The van der Waals surface area contributed by atoms with Crippen LogP contribution < -0.4 is 9.62 Å². The molecular formula is C30H36ClN3O4S. The molecule has 7 nitrogen and oxygen atoms in total. The third-order valence-electron chi connectivity index (χ3n) is 6.59. The molecule has 0 saturated carbocycles. The number of halogens is 1. The lowest BCUT2D eigenvalue weighted by atomic mass is 10.1.